The number of carbonyl (C=O) groups excluding carboxylic acids is 1. The number of primary amides is 1. The maximum atomic E-state index is 11.7. The van der Waals surface area contributed by atoms with Crippen LogP contribution < -0.4 is 15.3 Å². The third kappa shape index (κ3) is 4.81. The second-order valence-electron chi connectivity index (χ2n) is 6.30. The second kappa shape index (κ2) is 8.30. The van der Waals surface area contributed by atoms with Crippen LogP contribution in [0.25, 0.3) is 0 Å². The summed E-state index contributed by atoms with van der Waals surface area (Å²) < 4.78 is 29.9. The zero-order valence-corrected chi connectivity index (χ0v) is 16.9. The summed E-state index contributed by atoms with van der Waals surface area (Å²) in [6, 6.07) is 6.19. The molecule has 2 aromatic rings. The highest BCUT2D eigenvalue weighted by Gasteiger charge is 2.24. The van der Waals surface area contributed by atoms with Crippen LogP contribution in [0.5, 0.6) is 0 Å². The van der Waals surface area contributed by atoms with Crippen molar-refractivity contribution in [3.63, 3.8) is 0 Å². The van der Waals surface area contributed by atoms with Gasteiger partial charge in [0.05, 0.1) is 18.5 Å². The molecule has 0 aliphatic rings. The molecule has 0 spiro atoms. The average molecular weight is 415 g/mol. The van der Waals surface area contributed by atoms with E-state index in [4.69, 9.17) is 27.1 Å². The van der Waals surface area contributed by atoms with Crippen LogP contribution in [0.4, 0.5) is 5.69 Å². The lowest BCUT2D eigenvalue weighted by Gasteiger charge is -2.28. The molecular formula is C17H23ClN4O4S. The highest BCUT2D eigenvalue weighted by molar-refractivity contribution is 7.89. The van der Waals surface area contributed by atoms with E-state index >= 15 is 0 Å². The summed E-state index contributed by atoms with van der Waals surface area (Å²) in [6.45, 7) is 1.97. The second-order valence-corrected chi connectivity index (χ2v) is 8.24. The van der Waals surface area contributed by atoms with Crippen LogP contribution in [0.15, 0.2) is 39.8 Å². The van der Waals surface area contributed by atoms with Gasteiger partial charge in [0.25, 0.3) is 0 Å². The number of hydrogen-bond donors (Lipinski definition) is 2. The minimum atomic E-state index is -3.93. The lowest BCUT2D eigenvalue weighted by Crippen LogP contribution is -2.23. The van der Waals surface area contributed by atoms with Crippen LogP contribution in [-0.4, -0.2) is 33.3 Å². The smallest absolute Gasteiger partial charge is 0.248 e. The Kier molecular flexibility index (Phi) is 6.53. The van der Waals surface area contributed by atoms with Gasteiger partial charge in [0.2, 0.25) is 15.9 Å². The first-order valence-corrected chi connectivity index (χ1v) is 10.1. The molecule has 1 unspecified atom stereocenters. The molecule has 0 aliphatic carbocycles. The number of nitrogens with zero attached hydrogens (tertiary/aromatic N) is 2. The Hall–Kier alpha value is -2.07. The van der Waals surface area contributed by atoms with Gasteiger partial charge in [0.15, 0.2) is 0 Å². The lowest BCUT2D eigenvalue weighted by molar-refractivity contribution is 0.1000. The summed E-state index contributed by atoms with van der Waals surface area (Å²) in [4.78, 5) is 13.5. The van der Waals surface area contributed by atoms with E-state index in [1.807, 2.05) is 25.9 Å². The van der Waals surface area contributed by atoms with Gasteiger partial charge in [-0.05, 0) is 50.3 Å². The first kappa shape index (κ1) is 21.2. The highest BCUT2D eigenvalue weighted by Crippen LogP contribution is 2.34. The van der Waals surface area contributed by atoms with Crippen molar-refractivity contribution in [2.45, 2.75) is 30.8 Å². The SMILES string of the molecule is CCC(c1cc(C(N)=O)ccc1N(Cl)Cc1occc1S(N)(=O)=O)N(C)C. The molecule has 27 heavy (non-hydrogen) atoms. The number of rotatable bonds is 8. The van der Waals surface area contributed by atoms with Crippen LogP contribution >= 0.6 is 11.8 Å². The van der Waals surface area contributed by atoms with Crippen LogP contribution in [0, 0.1) is 0 Å². The summed E-state index contributed by atoms with van der Waals surface area (Å²) in [5.41, 5.74) is 7.17. The third-order valence-corrected chi connectivity index (χ3v) is 5.51. The van der Waals surface area contributed by atoms with Crippen molar-refractivity contribution in [3.05, 3.63) is 47.4 Å². The fourth-order valence-corrected chi connectivity index (χ4v) is 3.91. The molecule has 10 heteroatoms. The maximum absolute atomic E-state index is 11.7. The standard InChI is InChI=1S/C17H23ClN4O4S/c1-4-13(21(2)3)12-9-11(17(19)23)5-6-14(12)22(18)10-15-16(7-8-26-15)27(20,24)25/h5-9,13H,4,10H2,1-3H3,(H2,19,23)(H2,20,24,25). The Balaban J connectivity index is 2.48. The number of amides is 1. The topological polar surface area (TPSA) is 123 Å². The number of anilines is 1. The number of benzene rings is 1. The van der Waals surface area contributed by atoms with E-state index < -0.39 is 15.9 Å². The van der Waals surface area contributed by atoms with Gasteiger partial charge in [-0.25, -0.2) is 13.6 Å². The van der Waals surface area contributed by atoms with E-state index in [0.717, 1.165) is 12.0 Å². The van der Waals surface area contributed by atoms with E-state index in [1.165, 1.54) is 16.7 Å². The number of sulfonamides is 1. The van der Waals surface area contributed by atoms with E-state index in [0.29, 0.717) is 11.3 Å². The molecule has 0 radical (unpaired) electrons. The monoisotopic (exact) mass is 414 g/mol. The number of furan rings is 1. The molecular weight excluding hydrogens is 392 g/mol. The Morgan fingerprint density at radius 1 is 1.30 bits per heavy atom. The molecule has 0 saturated carbocycles. The predicted octanol–water partition coefficient (Wildman–Crippen LogP) is 2.20. The molecule has 8 nitrogen and oxygen atoms in total. The van der Waals surface area contributed by atoms with Crippen molar-refractivity contribution in [1.29, 1.82) is 0 Å². The molecule has 0 fully saturated rings. The van der Waals surface area contributed by atoms with Crippen molar-refractivity contribution in [3.8, 4) is 0 Å². The molecule has 1 amide bonds. The van der Waals surface area contributed by atoms with E-state index in [1.54, 1.807) is 18.2 Å². The van der Waals surface area contributed by atoms with E-state index in [9.17, 15) is 13.2 Å². The fraction of sp³-hybridized carbons (Fsp3) is 0.353. The third-order valence-electron chi connectivity index (χ3n) is 4.24. The lowest BCUT2D eigenvalue weighted by atomic mass is 9.98. The fourth-order valence-electron chi connectivity index (χ4n) is 2.97. The summed E-state index contributed by atoms with van der Waals surface area (Å²) >= 11 is 6.47. The Morgan fingerprint density at radius 2 is 1.96 bits per heavy atom. The van der Waals surface area contributed by atoms with Crippen molar-refractivity contribution in [2.75, 3.05) is 18.5 Å². The van der Waals surface area contributed by atoms with Gasteiger partial charge in [-0.1, -0.05) is 6.92 Å². The highest BCUT2D eigenvalue weighted by atomic mass is 35.5. The average Bonchev–Trinajstić information content (AvgIpc) is 3.03. The van der Waals surface area contributed by atoms with Crippen LogP contribution in [-0.2, 0) is 16.6 Å². The minimum absolute atomic E-state index is 0.0325. The molecule has 0 bridgehead atoms. The molecule has 148 valence electrons. The van der Waals surface area contributed by atoms with E-state index in [-0.39, 0.29) is 23.2 Å². The maximum Gasteiger partial charge on any atom is 0.248 e. The van der Waals surface area contributed by atoms with Crippen molar-refractivity contribution >= 4 is 33.4 Å². The molecule has 4 N–H and O–H groups in total. The number of primary sulfonamides is 1. The molecule has 2 rings (SSSR count). The quantitative estimate of drug-likeness (QED) is 0.638. The predicted molar refractivity (Wildman–Crippen MR) is 104 cm³/mol. The Bertz CT molecular complexity index is 927. The molecule has 1 atom stereocenters. The molecule has 1 aromatic heterocycles. The summed E-state index contributed by atoms with van der Waals surface area (Å²) in [6.07, 6.45) is 2.00. The first-order valence-electron chi connectivity index (χ1n) is 8.18. The van der Waals surface area contributed by atoms with Crippen LogP contribution in [0.3, 0.4) is 0 Å². The number of carbonyl (C=O) groups is 1. The molecule has 0 saturated heterocycles. The molecule has 0 aliphatic heterocycles. The van der Waals surface area contributed by atoms with Gasteiger partial charge in [-0.15, -0.1) is 0 Å². The minimum Gasteiger partial charge on any atom is -0.466 e. The van der Waals surface area contributed by atoms with Gasteiger partial charge in [-0.2, -0.15) is 0 Å². The Morgan fingerprint density at radius 3 is 2.48 bits per heavy atom. The normalized spacial score (nSPS) is 13.0. The largest absolute Gasteiger partial charge is 0.466 e. The number of hydrogen-bond acceptors (Lipinski definition) is 6. The van der Waals surface area contributed by atoms with E-state index in [2.05, 4.69) is 0 Å². The zero-order chi connectivity index (χ0) is 20.4. The van der Waals surface area contributed by atoms with Gasteiger partial charge >= 0.3 is 0 Å². The van der Waals surface area contributed by atoms with Gasteiger partial charge < -0.3 is 15.1 Å². The molecule has 1 aromatic carbocycles. The van der Waals surface area contributed by atoms with Crippen molar-refractivity contribution in [1.82, 2.24) is 4.90 Å². The van der Waals surface area contributed by atoms with Crippen LogP contribution in [0.1, 0.15) is 41.1 Å². The summed E-state index contributed by atoms with van der Waals surface area (Å²) in [7, 11) is -0.0974. The summed E-state index contributed by atoms with van der Waals surface area (Å²) in [5.74, 6) is -0.421. The Labute approximate surface area is 163 Å². The van der Waals surface area contributed by atoms with Crippen molar-refractivity contribution in [2.24, 2.45) is 10.9 Å². The zero-order valence-electron chi connectivity index (χ0n) is 15.3. The van der Waals surface area contributed by atoms with Crippen LogP contribution in [0.2, 0.25) is 0 Å². The van der Waals surface area contributed by atoms with Gasteiger partial charge in [0.1, 0.15) is 10.7 Å². The number of halogens is 1. The first-order chi connectivity index (χ1) is 12.6. The molecule has 1 heterocycles. The van der Waals surface area contributed by atoms with Gasteiger partial charge in [0, 0.05) is 23.4 Å². The van der Waals surface area contributed by atoms with Gasteiger partial charge in [-0.3, -0.25) is 9.21 Å². The summed E-state index contributed by atoms with van der Waals surface area (Å²) in [5, 5.41) is 5.20. The van der Waals surface area contributed by atoms with Crippen molar-refractivity contribution < 1.29 is 17.6 Å². The number of nitrogens with two attached hydrogens (primary N) is 2.